The summed E-state index contributed by atoms with van der Waals surface area (Å²) in [6, 6.07) is 5.91. The average molecular weight is 263 g/mol. The molecule has 1 aromatic carbocycles. The first-order chi connectivity index (χ1) is 8.93. The van der Waals surface area contributed by atoms with Crippen molar-refractivity contribution in [2.24, 2.45) is 0 Å². The lowest BCUT2D eigenvalue weighted by atomic mass is 10.2. The van der Waals surface area contributed by atoms with Crippen molar-refractivity contribution in [3.05, 3.63) is 29.8 Å². The molecule has 6 heteroatoms. The van der Waals surface area contributed by atoms with Crippen LogP contribution < -0.4 is 16.4 Å². The summed E-state index contributed by atoms with van der Waals surface area (Å²) < 4.78 is 0. The van der Waals surface area contributed by atoms with Gasteiger partial charge in [-0.3, -0.25) is 19.7 Å². The van der Waals surface area contributed by atoms with Crippen molar-refractivity contribution in [2.75, 3.05) is 5.73 Å². The second kappa shape index (κ2) is 6.53. The molecule has 0 radical (unpaired) electrons. The number of anilines is 1. The van der Waals surface area contributed by atoms with Crippen LogP contribution in [0.15, 0.2) is 24.3 Å². The predicted octanol–water partition coefficient (Wildman–Crippen LogP) is 0.440. The Kier molecular flexibility index (Phi) is 5.05. The minimum absolute atomic E-state index is 0.120. The molecule has 0 aliphatic carbocycles. The van der Waals surface area contributed by atoms with E-state index in [0.717, 1.165) is 0 Å². The molecule has 0 bridgehead atoms. The third-order valence-electron chi connectivity index (χ3n) is 2.60. The monoisotopic (exact) mass is 263 g/mol. The Morgan fingerprint density at radius 1 is 1.16 bits per heavy atom. The molecule has 1 unspecified atom stereocenters. The van der Waals surface area contributed by atoms with Gasteiger partial charge < -0.3 is 11.1 Å². The van der Waals surface area contributed by atoms with Gasteiger partial charge in [0.1, 0.15) is 0 Å². The van der Waals surface area contributed by atoms with Crippen LogP contribution in [-0.2, 0) is 9.59 Å². The molecule has 0 aliphatic heterocycles. The van der Waals surface area contributed by atoms with Gasteiger partial charge in [0.25, 0.3) is 5.91 Å². The fourth-order valence-electron chi connectivity index (χ4n) is 1.26. The van der Waals surface area contributed by atoms with E-state index >= 15 is 0 Å². The molecule has 4 N–H and O–H groups in total. The quantitative estimate of drug-likeness (QED) is 0.544. The van der Waals surface area contributed by atoms with Gasteiger partial charge in [0.05, 0.1) is 0 Å². The summed E-state index contributed by atoms with van der Waals surface area (Å²) in [7, 11) is 0. The highest BCUT2D eigenvalue weighted by Crippen LogP contribution is 2.04. The summed E-state index contributed by atoms with van der Waals surface area (Å²) in [5.41, 5.74) is 6.26. The van der Waals surface area contributed by atoms with Crippen molar-refractivity contribution in [3.63, 3.8) is 0 Å². The second-order valence-corrected chi connectivity index (χ2v) is 4.19. The van der Waals surface area contributed by atoms with Crippen LogP contribution >= 0.6 is 0 Å². The lowest BCUT2D eigenvalue weighted by molar-refractivity contribution is -0.139. The normalized spacial score (nSPS) is 11.5. The van der Waals surface area contributed by atoms with Crippen molar-refractivity contribution in [3.8, 4) is 0 Å². The van der Waals surface area contributed by atoms with Gasteiger partial charge in [-0.05, 0) is 37.6 Å². The van der Waals surface area contributed by atoms with E-state index < -0.39 is 17.7 Å². The van der Waals surface area contributed by atoms with Crippen LogP contribution in [0.5, 0.6) is 0 Å². The zero-order chi connectivity index (χ0) is 14.4. The van der Waals surface area contributed by atoms with Crippen molar-refractivity contribution >= 4 is 23.4 Å². The van der Waals surface area contributed by atoms with Crippen molar-refractivity contribution in [1.82, 2.24) is 10.6 Å². The third-order valence-corrected chi connectivity index (χ3v) is 2.60. The first-order valence-electron chi connectivity index (χ1n) is 5.95. The molecule has 19 heavy (non-hydrogen) atoms. The number of amides is 3. The molecule has 0 fully saturated rings. The number of nitrogen functional groups attached to an aromatic ring is 1. The molecular formula is C13H17N3O3. The molecule has 0 saturated carbocycles. The summed E-state index contributed by atoms with van der Waals surface area (Å²) in [6.07, 6.45) is 0.699. The molecule has 1 atom stereocenters. The first-order valence-corrected chi connectivity index (χ1v) is 5.95. The van der Waals surface area contributed by atoms with E-state index in [4.69, 9.17) is 5.73 Å². The van der Waals surface area contributed by atoms with Gasteiger partial charge in [-0.2, -0.15) is 0 Å². The number of nitrogens with two attached hydrogens (primary N) is 1. The van der Waals surface area contributed by atoms with E-state index in [-0.39, 0.29) is 11.6 Å². The number of rotatable bonds is 3. The lowest BCUT2D eigenvalue weighted by Crippen LogP contribution is -2.45. The number of imide groups is 1. The summed E-state index contributed by atoms with van der Waals surface area (Å²) in [4.78, 5) is 34.6. The minimum Gasteiger partial charge on any atom is -0.399 e. The Labute approximate surface area is 111 Å². The number of hydrogen-bond donors (Lipinski definition) is 3. The SMILES string of the molecule is CCC(C)NC(=O)C(=O)NC(=O)c1ccc(N)cc1. The van der Waals surface area contributed by atoms with Crippen LogP contribution in [0, 0.1) is 0 Å². The third kappa shape index (κ3) is 4.42. The standard InChI is InChI=1S/C13H17N3O3/c1-3-8(2)15-12(18)13(19)16-11(17)9-4-6-10(14)7-5-9/h4-8H,3,14H2,1-2H3,(H,15,18)(H,16,17,19). The minimum atomic E-state index is -0.970. The van der Waals surface area contributed by atoms with Crippen molar-refractivity contribution in [2.45, 2.75) is 26.3 Å². The van der Waals surface area contributed by atoms with E-state index in [1.807, 2.05) is 12.2 Å². The van der Waals surface area contributed by atoms with Crippen LogP contribution in [0.3, 0.4) is 0 Å². The summed E-state index contributed by atoms with van der Waals surface area (Å²) in [6.45, 7) is 3.65. The van der Waals surface area contributed by atoms with Gasteiger partial charge in [-0.1, -0.05) is 6.92 Å². The Balaban J connectivity index is 2.59. The fourth-order valence-corrected chi connectivity index (χ4v) is 1.26. The maximum Gasteiger partial charge on any atom is 0.316 e. The van der Waals surface area contributed by atoms with E-state index in [1.165, 1.54) is 12.1 Å². The van der Waals surface area contributed by atoms with Crippen LogP contribution in [0.4, 0.5) is 5.69 Å². The Morgan fingerprint density at radius 2 is 1.74 bits per heavy atom. The molecule has 102 valence electrons. The topological polar surface area (TPSA) is 101 Å². The van der Waals surface area contributed by atoms with Crippen LogP contribution in [0.2, 0.25) is 0 Å². The van der Waals surface area contributed by atoms with E-state index in [9.17, 15) is 14.4 Å². The van der Waals surface area contributed by atoms with Gasteiger partial charge in [-0.15, -0.1) is 0 Å². The Bertz CT molecular complexity index is 482. The molecule has 1 rings (SSSR count). The van der Waals surface area contributed by atoms with E-state index in [0.29, 0.717) is 12.1 Å². The average Bonchev–Trinajstić information content (AvgIpc) is 2.38. The smallest absolute Gasteiger partial charge is 0.316 e. The van der Waals surface area contributed by atoms with Crippen LogP contribution in [0.25, 0.3) is 0 Å². The number of nitrogens with one attached hydrogen (secondary N) is 2. The maximum atomic E-state index is 11.7. The van der Waals surface area contributed by atoms with Gasteiger partial charge >= 0.3 is 11.8 Å². The van der Waals surface area contributed by atoms with E-state index in [2.05, 4.69) is 5.32 Å². The maximum absolute atomic E-state index is 11.7. The van der Waals surface area contributed by atoms with Gasteiger partial charge in [0.2, 0.25) is 0 Å². The Morgan fingerprint density at radius 3 is 2.26 bits per heavy atom. The molecule has 1 aromatic rings. The molecule has 0 aliphatic rings. The zero-order valence-electron chi connectivity index (χ0n) is 10.9. The predicted molar refractivity (Wildman–Crippen MR) is 71.2 cm³/mol. The highest BCUT2D eigenvalue weighted by molar-refractivity contribution is 6.38. The largest absolute Gasteiger partial charge is 0.399 e. The summed E-state index contributed by atoms with van der Waals surface area (Å²) in [5.74, 6) is -2.43. The fraction of sp³-hybridized carbons (Fsp3) is 0.308. The van der Waals surface area contributed by atoms with Crippen molar-refractivity contribution in [1.29, 1.82) is 0 Å². The lowest BCUT2D eigenvalue weighted by Gasteiger charge is -2.10. The van der Waals surface area contributed by atoms with Crippen molar-refractivity contribution < 1.29 is 14.4 Å². The van der Waals surface area contributed by atoms with Crippen LogP contribution in [0.1, 0.15) is 30.6 Å². The molecular weight excluding hydrogens is 246 g/mol. The van der Waals surface area contributed by atoms with Gasteiger partial charge in [0.15, 0.2) is 0 Å². The van der Waals surface area contributed by atoms with E-state index in [1.54, 1.807) is 19.1 Å². The Hall–Kier alpha value is -2.37. The highest BCUT2D eigenvalue weighted by Gasteiger charge is 2.18. The number of carbonyl (C=O) groups is 3. The first kappa shape index (κ1) is 14.7. The number of hydrogen-bond acceptors (Lipinski definition) is 4. The highest BCUT2D eigenvalue weighted by atomic mass is 16.2. The molecule has 0 saturated heterocycles. The second-order valence-electron chi connectivity index (χ2n) is 4.19. The molecule has 0 heterocycles. The van der Waals surface area contributed by atoms with Gasteiger partial charge in [-0.25, -0.2) is 0 Å². The molecule has 0 aromatic heterocycles. The number of carbonyl (C=O) groups excluding carboxylic acids is 3. The number of benzene rings is 1. The zero-order valence-corrected chi connectivity index (χ0v) is 10.9. The van der Waals surface area contributed by atoms with Gasteiger partial charge in [0, 0.05) is 17.3 Å². The summed E-state index contributed by atoms with van der Waals surface area (Å²) >= 11 is 0. The molecule has 3 amide bonds. The van der Waals surface area contributed by atoms with Crippen LogP contribution in [-0.4, -0.2) is 23.8 Å². The summed E-state index contributed by atoms with van der Waals surface area (Å²) in [5, 5.41) is 4.49. The molecule has 6 nitrogen and oxygen atoms in total. The molecule has 0 spiro atoms.